The number of carbonyl (C=O) groups excluding carboxylic acids is 3. The minimum atomic E-state index is -4.57. The van der Waals surface area contributed by atoms with E-state index in [0.29, 0.717) is 5.69 Å². The summed E-state index contributed by atoms with van der Waals surface area (Å²) in [6, 6.07) is 8.18. The zero-order valence-electron chi connectivity index (χ0n) is 13.6. The van der Waals surface area contributed by atoms with Crippen LogP contribution < -0.4 is 10.2 Å². The first-order valence-corrected chi connectivity index (χ1v) is 8.18. The Kier molecular flexibility index (Phi) is 4.93. The quantitative estimate of drug-likeness (QED) is 0.788. The van der Waals surface area contributed by atoms with Crippen molar-refractivity contribution in [2.75, 3.05) is 10.2 Å². The summed E-state index contributed by atoms with van der Waals surface area (Å²) >= 11 is 5.86. The van der Waals surface area contributed by atoms with E-state index in [1.165, 1.54) is 24.3 Å². The zero-order chi connectivity index (χ0) is 19.8. The van der Waals surface area contributed by atoms with E-state index in [4.69, 9.17) is 11.6 Å². The number of alkyl halides is 3. The maximum Gasteiger partial charge on any atom is 0.416 e. The van der Waals surface area contributed by atoms with Crippen LogP contribution in [0.1, 0.15) is 28.8 Å². The number of hydrogen-bond acceptors (Lipinski definition) is 3. The normalized spacial score (nSPS) is 14.6. The molecule has 5 nitrogen and oxygen atoms in total. The lowest BCUT2D eigenvalue weighted by Crippen LogP contribution is -2.28. The van der Waals surface area contributed by atoms with Crippen molar-refractivity contribution in [3.8, 4) is 0 Å². The predicted molar refractivity (Wildman–Crippen MR) is 92.6 cm³/mol. The zero-order valence-corrected chi connectivity index (χ0v) is 14.4. The van der Waals surface area contributed by atoms with Crippen molar-refractivity contribution in [3.05, 3.63) is 58.6 Å². The van der Waals surface area contributed by atoms with E-state index in [-0.39, 0.29) is 40.9 Å². The molecule has 1 aliphatic rings. The maximum absolute atomic E-state index is 12.8. The van der Waals surface area contributed by atoms with Gasteiger partial charge in [0.05, 0.1) is 22.0 Å². The van der Waals surface area contributed by atoms with Gasteiger partial charge in [-0.3, -0.25) is 19.3 Å². The molecule has 140 valence electrons. The fourth-order valence-corrected chi connectivity index (χ4v) is 2.78. The number of carbonyl (C=O) groups is 3. The number of amides is 3. The van der Waals surface area contributed by atoms with Gasteiger partial charge < -0.3 is 5.32 Å². The molecule has 1 N–H and O–H groups in total. The van der Waals surface area contributed by atoms with Crippen LogP contribution in [0.2, 0.25) is 5.02 Å². The fourth-order valence-electron chi connectivity index (χ4n) is 2.62. The van der Waals surface area contributed by atoms with Gasteiger partial charge in [0.2, 0.25) is 11.8 Å². The van der Waals surface area contributed by atoms with E-state index >= 15 is 0 Å². The van der Waals surface area contributed by atoms with Crippen molar-refractivity contribution < 1.29 is 27.6 Å². The first-order valence-electron chi connectivity index (χ1n) is 7.81. The van der Waals surface area contributed by atoms with Crippen molar-refractivity contribution >= 4 is 40.7 Å². The molecule has 3 rings (SSSR count). The average Bonchev–Trinajstić information content (AvgIpc) is 2.94. The van der Waals surface area contributed by atoms with Crippen LogP contribution in [0.3, 0.4) is 0 Å². The highest BCUT2D eigenvalue weighted by Crippen LogP contribution is 2.34. The SMILES string of the molecule is O=C(Nc1cc(C(F)(F)F)ccc1Cl)c1ccc(N2C(=O)CCC2=O)cc1. The Morgan fingerprint density at radius 2 is 1.59 bits per heavy atom. The third-order valence-electron chi connectivity index (χ3n) is 3.98. The first kappa shape index (κ1) is 18.9. The van der Waals surface area contributed by atoms with E-state index in [9.17, 15) is 27.6 Å². The molecule has 1 fully saturated rings. The van der Waals surface area contributed by atoms with Crippen LogP contribution in [0.4, 0.5) is 24.5 Å². The van der Waals surface area contributed by atoms with Crippen LogP contribution in [0.5, 0.6) is 0 Å². The topological polar surface area (TPSA) is 66.5 Å². The minimum absolute atomic E-state index is 0.0405. The summed E-state index contributed by atoms with van der Waals surface area (Å²) in [6.07, 6.45) is -4.30. The molecule has 0 aromatic heterocycles. The van der Waals surface area contributed by atoms with Gasteiger partial charge in [0.25, 0.3) is 5.91 Å². The van der Waals surface area contributed by atoms with Crippen LogP contribution in [0.25, 0.3) is 0 Å². The Morgan fingerprint density at radius 3 is 2.15 bits per heavy atom. The Hall–Kier alpha value is -2.87. The van der Waals surface area contributed by atoms with E-state index < -0.39 is 17.6 Å². The molecule has 0 saturated carbocycles. The third-order valence-corrected chi connectivity index (χ3v) is 4.31. The molecule has 0 bridgehead atoms. The van der Waals surface area contributed by atoms with Gasteiger partial charge >= 0.3 is 6.18 Å². The van der Waals surface area contributed by atoms with Gasteiger partial charge in [0.1, 0.15) is 0 Å². The fraction of sp³-hybridized carbons (Fsp3) is 0.167. The second-order valence-electron chi connectivity index (χ2n) is 5.82. The standard InChI is InChI=1S/C18H12ClF3N2O3/c19-13-6-3-11(18(20,21)22)9-14(13)23-17(27)10-1-4-12(5-2-10)24-15(25)7-8-16(24)26/h1-6,9H,7-8H2,(H,23,27). The van der Waals surface area contributed by atoms with Crippen molar-refractivity contribution in [1.29, 1.82) is 0 Å². The number of hydrogen-bond donors (Lipinski definition) is 1. The van der Waals surface area contributed by atoms with Gasteiger partial charge in [-0.1, -0.05) is 11.6 Å². The molecular weight excluding hydrogens is 385 g/mol. The van der Waals surface area contributed by atoms with E-state index in [1.54, 1.807) is 0 Å². The summed E-state index contributed by atoms with van der Waals surface area (Å²) in [4.78, 5) is 36.8. The molecule has 2 aromatic carbocycles. The van der Waals surface area contributed by atoms with Gasteiger partial charge in [0.15, 0.2) is 0 Å². The number of imide groups is 1. The van der Waals surface area contributed by atoms with Gasteiger partial charge in [-0.2, -0.15) is 13.2 Å². The van der Waals surface area contributed by atoms with E-state index in [0.717, 1.165) is 23.1 Å². The number of benzene rings is 2. The van der Waals surface area contributed by atoms with Crippen LogP contribution >= 0.6 is 11.6 Å². The number of rotatable bonds is 3. The molecule has 2 aromatic rings. The van der Waals surface area contributed by atoms with Crippen molar-refractivity contribution in [2.45, 2.75) is 19.0 Å². The molecule has 0 unspecified atom stereocenters. The molecule has 0 spiro atoms. The third kappa shape index (κ3) is 3.95. The van der Waals surface area contributed by atoms with Crippen molar-refractivity contribution in [1.82, 2.24) is 0 Å². The number of halogens is 4. The summed E-state index contributed by atoms with van der Waals surface area (Å²) in [7, 11) is 0. The smallest absolute Gasteiger partial charge is 0.321 e. The lowest BCUT2D eigenvalue weighted by atomic mass is 10.1. The molecular formula is C18H12ClF3N2O3. The Balaban J connectivity index is 1.79. The maximum atomic E-state index is 12.8. The van der Waals surface area contributed by atoms with Gasteiger partial charge in [-0.15, -0.1) is 0 Å². The number of nitrogens with zero attached hydrogens (tertiary/aromatic N) is 1. The Labute approximate surface area is 156 Å². The highest BCUT2D eigenvalue weighted by atomic mass is 35.5. The van der Waals surface area contributed by atoms with E-state index in [2.05, 4.69) is 5.32 Å². The second kappa shape index (κ2) is 7.03. The van der Waals surface area contributed by atoms with Gasteiger partial charge in [-0.05, 0) is 42.5 Å². The highest BCUT2D eigenvalue weighted by molar-refractivity contribution is 6.34. The van der Waals surface area contributed by atoms with Gasteiger partial charge in [-0.25, -0.2) is 0 Å². The molecule has 9 heteroatoms. The van der Waals surface area contributed by atoms with Gasteiger partial charge in [0, 0.05) is 18.4 Å². The van der Waals surface area contributed by atoms with Crippen molar-refractivity contribution in [3.63, 3.8) is 0 Å². The first-order chi connectivity index (χ1) is 12.7. The van der Waals surface area contributed by atoms with Crippen LogP contribution in [-0.2, 0) is 15.8 Å². The average molecular weight is 397 g/mol. The molecule has 0 aliphatic carbocycles. The monoisotopic (exact) mass is 396 g/mol. The highest BCUT2D eigenvalue weighted by Gasteiger charge is 2.31. The molecule has 1 heterocycles. The Morgan fingerprint density at radius 1 is 1.00 bits per heavy atom. The van der Waals surface area contributed by atoms with E-state index in [1.807, 2.05) is 0 Å². The minimum Gasteiger partial charge on any atom is -0.321 e. The van der Waals surface area contributed by atoms with Crippen molar-refractivity contribution in [2.24, 2.45) is 0 Å². The lowest BCUT2D eigenvalue weighted by molar-refractivity contribution is -0.137. The summed E-state index contributed by atoms with van der Waals surface area (Å²) in [5.74, 6) is -1.33. The molecule has 0 radical (unpaired) electrons. The molecule has 3 amide bonds. The predicted octanol–water partition coefficient (Wildman–Crippen LogP) is 4.26. The number of anilines is 2. The summed E-state index contributed by atoms with van der Waals surface area (Å²) < 4.78 is 38.4. The summed E-state index contributed by atoms with van der Waals surface area (Å²) in [6.45, 7) is 0. The molecule has 0 atom stereocenters. The Bertz CT molecular complexity index is 910. The molecule has 27 heavy (non-hydrogen) atoms. The molecule has 1 saturated heterocycles. The van der Waals surface area contributed by atoms with Crippen LogP contribution in [0.15, 0.2) is 42.5 Å². The summed E-state index contributed by atoms with van der Waals surface area (Å²) in [5, 5.41) is 2.29. The summed E-state index contributed by atoms with van der Waals surface area (Å²) in [5.41, 5.74) is -0.656. The molecule has 1 aliphatic heterocycles. The largest absolute Gasteiger partial charge is 0.416 e. The van der Waals surface area contributed by atoms with Crippen LogP contribution in [-0.4, -0.2) is 17.7 Å². The van der Waals surface area contributed by atoms with Crippen LogP contribution in [0, 0.1) is 0 Å². The lowest BCUT2D eigenvalue weighted by Gasteiger charge is -2.14. The second-order valence-corrected chi connectivity index (χ2v) is 6.22. The number of nitrogens with one attached hydrogen (secondary N) is 1.